The Bertz CT molecular complexity index is 4300. The highest BCUT2D eigenvalue weighted by molar-refractivity contribution is 6.32. The highest BCUT2D eigenvalue weighted by Gasteiger charge is 2.52. The predicted octanol–water partition coefficient (Wildman–Crippen LogP) is 2.94. The number of carboxylic acids is 1. The van der Waals surface area contributed by atoms with Gasteiger partial charge in [0.15, 0.2) is 29.9 Å². The second-order valence-electron chi connectivity index (χ2n) is 30.0. The van der Waals surface area contributed by atoms with E-state index in [4.69, 9.17) is 63.1 Å². The lowest BCUT2D eigenvalue weighted by atomic mass is 9.83. The van der Waals surface area contributed by atoms with Crippen LogP contribution in [0.1, 0.15) is 146 Å². The van der Waals surface area contributed by atoms with E-state index in [1.54, 1.807) is 27.7 Å². The number of ether oxygens (including phenoxy) is 6. The third-order valence-corrected chi connectivity index (χ3v) is 20.1. The molecule has 21 N–H and O–H groups in total. The minimum absolute atomic E-state index is 0.0322. The summed E-state index contributed by atoms with van der Waals surface area (Å²) in [4.78, 5) is 117. The van der Waals surface area contributed by atoms with E-state index < -0.39 is 237 Å². The summed E-state index contributed by atoms with van der Waals surface area (Å²) in [6.45, 7) is 14.9. The van der Waals surface area contributed by atoms with Gasteiger partial charge < -0.3 is 128 Å². The van der Waals surface area contributed by atoms with Gasteiger partial charge >= 0.3 is 5.97 Å². The molecule has 19 atom stereocenters. The number of aliphatic hydroxyl groups is 6. The highest BCUT2D eigenvalue weighted by Crippen LogP contribution is 2.50. The SMILES string of the molecule is CC(C)C[C@@H](N)C(=O)N[C@H]1C(=O)N[C@@H](CC(N)=O)C(=O)N[C@H]2C(=O)N[C@H]3C(=O)N[C@H](C(=O)N[C@H](C(=O)O)c4cc(O)cc(O)c4-c4cc3ccc4O)[C@H](O)c3ccc(c(Cl)c3)Oc3cc2cc(c3O[C@@H]2O[C@H](CO)[C@@H](O)[C@H](O)[C@H]2O[C@H]2C[C@](C)(NCCC(C)CC(C)(C)C)[C@H](O)[C@H](C)O2)Oc2ccc(cc2Cl)[C@H]1O. The summed E-state index contributed by atoms with van der Waals surface area (Å²) in [5, 5.41) is 133. The molecule has 2 saturated heterocycles. The number of aromatic hydroxyl groups is 3. The molecule has 0 aliphatic carbocycles. The fourth-order valence-electron chi connectivity index (χ4n) is 14.2. The van der Waals surface area contributed by atoms with Gasteiger partial charge in [0, 0.05) is 34.7 Å². The zero-order valence-corrected chi connectivity index (χ0v) is 62.0. The van der Waals surface area contributed by atoms with Crippen LogP contribution in [-0.4, -0.2) is 190 Å². The van der Waals surface area contributed by atoms with Crippen LogP contribution >= 0.6 is 23.2 Å². The van der Waals surface area contributed by atoms with Crippen LogP contribution in [0.5, 0.6) is 46.0 Å². The summed E-state index contributed by atoms with van der Waals surface area (Å²) in [5.41, 5.74) is 8.08. The Morgan fingerprint density at radius 2 is 1.32 bits per heavy atom. The smallest absolute Gasteiger partial charge is 0.330 e. The molecule has 7 heterocycles. The summed E-state index contributed by atoms with van der Waals surface area (Å²) < 4.78 is 39.3. The number of amides is 7. The Balaban J connectivity index is 1.21. The zero-order valence-electron chi connectivity index (χ0n) is 60.5. The first-order valence-corrected chi connectivity index (χ1v) is 36.0. The number of aliphatic carboxylic acids is 1. The quantitative estimate of drug-likeness (QED) is 0.0636. The maximum atomic E-state index is 16.1. The molecule has 1 unspecified atom stereocenters. The van der Waals surface area contributed by atoms with Gasteiger partial charge in [-0.05, 0) is 134 Å². The van der Waals surface area contributed by atoms with Crippen LogP contribution in [0, 0.1) is 17.3 Å². The number of benzene rings is 5. The number of nitrogens with one attached hydrogen (secondary N) is 7. The van der Waals surface area contributed by atoms with Gasteiger partial charge in [0.05, 0.1) is 41.3 Å². The fourth-order valence-corrected chi connectivity index (χ4v) is 14.6. The van der Waals surface area contributed by atoms with Gasteiger partial charge in [-0.1, -0.05) is 82.9 Å². The van der Waals surface area contributed by atoms with E-state index in [-0.39, 0.29) is 57.6 Å². The molecule has 0 spiro atoms. The molecule has 7 aliphatic heterocycles. The van der Waals surface area contributed by atoms with Gasteiger partial charge in [0.2, 0.25) is 53.4 Å². The van der Waals surface area contributed by atoms with E-state index in [2.05, 4.69) is 64.9 Å². The third-order valence-electron chi connectivity index (χ3n) is 19.6. The third kappa shape index (κ3) is 18.6. The summed E-state index contributed by atoms with van der Waals surface area (Å²) in [6, 6.07) is -0.970. The fraction of sp³-hybridized carbons (Fsp3) is 0.486. The van der Waals surface area contributed by atoms with Crippen molar-refractivity contribution in [3.05, 3.63) is 117 Å². The number of hydrogen-bond donors (Lipinski definition) is 19. The second kappa shape index (κ2) is 33.6. The molecular weight excluding hydrogens is 1470 g/mol. The minimum Gasteiger partial charge on any atom is -0.508 e. The molecule has 12 rings (SSSR count). The Labute approximate surface area is 635 Å². The number of primary amides is 1. The first-order chi connectivity index (χ1) is 51.2. The van der Waals surface area contributed by atoms with Gasteiger partial charge in [0.1, 0.15) is 89.5 Å². The van der Waals surface area contributed by atoms with Crippen LogP contribution in [0.4, 0.5) is 0 Å². The molecule has 0 radical (unpaired) electrons. The largest absolute Gasteiger partial charge is 0.508 e. The Morgan fingerprint density at radius 3 is 1.92 bits per heavy atom. The van der Waals surface area contributed by atoms with Crippen LogP contribution in [0.2, 0.25) is 10.0 Å². The van der Waals surface area contributed by atoms with Gasteiger partial charge in [-0.3, -0.25) is 33.6 Å². The average Bonchev–Trinajstić information content (AvgIpc) is 0.768. The Kier molecular flexibility index (Phi) is 25.3. The molecule has 2 fully saturated rings. The van der Waals surface area contributed by atoms with Crippen molar-refractivity contribution < 1.29 is 118 Å². The van der Waals surface area contributed by atoms with Gasteiger partial charge in [-0.15, -0.1) is 0 Å². The molecule has 11 bridgehead atoms. The molecule has 5 aromatic rings. The normalized spacial score (nSPS) is 28.6. The van der Waals surface area contributed by atoms with Crippen molar-refractivity contribution in [2.24, 2.45) is 28.7 Å². The number of halogens is 2. The first kappa shape index (κ1) is 82.3. The lowest BCUT2D eigenvalue weighted by Gasteiger charge is -2.48. The molecule has 109 heavy (non-hydrogen) atoms. The molecule has 590 valence electrons. The number of rotatable bonds is 17. The number of phenols is 3. The van der Waals surface area contributed by atoms with E-state index >= 15 is 14.4 Å². The van der Waals surface area contributed by atoms with E-state index in [1.807, 2.05) is 0 Å². The number of nitrogens with two attached hydrogens (primary N) is 2. The van der Waals surface area contributed by atoms with Crippen molar-refractivity contribution in [2.45, 2.75) is 197 Å². The lowest BCUT2D eigenvalue weighted by molar-refractivity contribution is -0.334. The number of carbonyl (C=O) groups excluding carboxylic acids is 7. The standard InChI is InChI=1S/C74H91Cl2N9O24/c1-29(2)17-41(77)65(96)84-56-58(91)33-10-13-45(39(75)19-33)105-47-21-35-22-48(62(47)109-72-63(61(94)60(93)49(28-86)107-72)108-51-27-74(8,64(95)31(4)104-51)79-16-15-30(3)26-73(5,6)7)106-46-14-11-34(20-40(46)76)59(92)57-70(101)83-55(71(102)103)38-23-36(87)24-44(89)52(38)37-18-32(9-12-43(37)88)53(67(98)85-57)82-68(99)54(35)81-66(97)42(25-50(78)90)80-69(56)100/h9-14,18-24,29-31,41-42,49,51,53-61,63-64,72,79,86-89,91-95H,15-17,25-28,77H2,1-8H3,(H2,78,90)(H,80,100)(H,81,97)(H,82,99)(H,83,101)(H,84,96)(H,85,98)(H,102,103)/t30?,31-,41+,42-,49+,51-,53+,54+,55-,56+,57-,58+,59+,60+,61-,63+,64+,72-,74-/m0/s1. The molecule has 7 amide bonds. The lowest BCUT2D eigenvalue weighted by Crippen LogP contribution is -2.65. The Hall–Kier alpha value is -9.20. The topological polar surface area (TPSA) is 530 Å². The number of aliphatic hydroxyl groups excluding tert-OH is 6. The van der Waals surface area contributed by atoms with E-state index in [9.17, 15) is 75.0 Å². The summed E-state index contributed by atoms with van der Waals surface area (Å²) in [5.74, 6) is -15.9. The van der Waals surface area contributed by atoms with Crippen LogP contribution in [0.25, 0.3) is 11.1 Å². The molecule has 0 aromatic heterocycles. The van der Waals surface area contributed by atoms with Crippen LogP contribution in [0.15, 0.2) is 78.9 Å². The van der Waals surface area contributed by atoms with Gasteiger partial charge in [-0.2, -0.15) is 0 Å². The van der Waals surface area contributed by atoms with Crippen LogP contribution in [-0.2, 0) is 52.6 Å². The van der Waals surface area contributed by atoms with Crippen molar-refractivity contribution in [1.29, 1.82) is 0 Å². The summed E-state index contributed by atoms with van der Waals surface area (Å²) in [7, 11) is 0. The number of hydrogen-bond acceptors (Lipinski definition) is 25. The van der Waals surface area contributed by atoms with E-state index in [0.717, 1.165) is 73.2 Å². The van der Waals surface area contributed by atoms with Gasteiger partial charge in [-0.25, -0.2) is 4.79 Å². The van der Waals surface area contributed by atoms with E-state index in [0.29, 0.717) is 13.0 Å². The van der Waals surface area contributed by atoms with Crippen LogP contribution in [0.3, 0.4) is 0 Å². The van der Waals surface area contributed by atoms with Crippen molar-refractivity contribution in [1.82, 2.24) is 37.2 Å². The number of phenolic OH excluding ortho intramolecular Hbond substituents is 3. The van der Waals surface area contributed by atoms with Gasteiger partial charge in [0.25, 0.3) is 0 Å². The second-order valence-corrected chi connectivity index (χ2v) is 30.8. The van der Waals surface area contributed by atoms with E-state index in [1.165, 1.54) is 12.1 Å². The summed E-state index contributed by atoms with van der Waals surface area (Å²) in [6.07, 6.45) is -16.7. The molecular formula is C74H91Cl2N9O24. The molecule has 33 nitrogen and oxygen atoms in total. The number of carboxylic acid groups (broad SMARTS) is 1. The molecule has 7 aliphatic rings. The molecule has 5 aromatic carbocycles. The predicted molar refractivity (Wildman–Crippen MR) is 386 cm³/mol. The Morgan fingerprint density at radius 1 is 0.716 bits per heavy atom. The monoisotopic (exact) mass is 1560 g/mol. The number of fused-ring (bicyclic) bond motifs is 15. The molecule has 0 saturated carbocycles. The van der Waals surface area contributed by atoms with Crippen molar-refractivity contribution in [2.75, 3.05) is 13.2 Å². The average molecular weight is 1560 g/mol. The minimum atomic E-state index is -2.35. The van der Waals surface area contributed by atoms with Crippen LogP contribution < -0.4 is 62.9 Å². The number of carbonyl (C=O) groups is 8. The van der Waals surface area contributed by atoms with Crippen molar-refractivity contribution in [3.63, 3.8) is 0 Å². The summed E-state index contributed by atoms with van der Waals surface area (Å²) >= 11 is 14.2. The maximum Gasteiger partial charge on any atom is 0.330 e. The van der Waals surface area contributed by atoms with Crippen molar-refractivity contribution >= 4 is 70.5 Å². The molecule has 35 heteroatoms. The maximum absolute atomic E-state index is 16.1. The highest BCUT2D eigenvalue weighted by atomic mass is 35.5. The zero-order chi connectivity index (χ0) is 79.7. The van der Waals surface area contributed by atoms with Crippen molar-refractivity contribution in [3.8, 4) is 57.1 Å². The first-order valence-electron chi connectivity index (χ1n) is 35.2.